The number of fused-ring (bicyclic) bond motifs is 1. The molecule has 3 aromatic rings. The van der Waals surface area contributed by atoms with Crippen molar-refractivity contribution in [3.63, 3.8) is 0 Å². The van der Waals surface area contributed by atoms with Crippen molar-refractivity contribution in [3.8, 4) is 11.1 Å². The Balaban J connectivity index is 2.32. The second kappa shape index (κ2) is 4.20. The van der Waals surface area contributed by atoms with Crippen LogP contribution in [0.2, 0.25) is 0 Å². The van der Waals surface area contributed by atoms with Gasteiger partial charge in [0.1, 0.15) is 0 Å². The van der Waals surface area contributed by atoms with Gasteiger partial charge in [0.25, 0.3) is 0 Å². The fourth-order valence-electron chi connectivity index (χ4n) is 2.01. The molecule has 94 valence electrons. The van der Waals surface area contributed by atoms with Crippen LogP contribution in [0.25, 0.3) is 22.2 Å². The molecular weight excluding hydrogens is 244 g/mol. The minimum Gasteiger partial charge on any atom is -0.475 e. The maximum Gasteiger partial charge on any atom is 0.371 e. The van der Waals surface area contributed by atoms with Crippen LogP contribution in [0.1, 0.15) is 16.2 Å². The first kappa shape index (κ1) is 11.4. The molecule has 3 aromatic heterocycles. The molecule has 3 heterocycles. The van der Waals surface area contributed by atoms with Gasteiger partial charge >= 0.3 is 5.97 Å². The summed E-state index contributed by atoms with van der Waals surface area (Å²) in [6.07, 6.45) is 3.38. The van der Waals surface area contributed by atoms with E-state index in [-0.39, 0.29) is 5.76 Å². The van der Waals surface area contributed by atoms with E-state index in [0.29, 0.717) is 11.1 Å². The van der Waals surface area contributed by atoms with Crippen molar-refractivity contribution in [2.45, 2.75) is 6.92 Å². The van der Waals surface area contributed by atoms with Gasteiger partial charge in [0, 0.05) is 29.5 Å². The van der Waals surface area contributed by atoms with Gasteiger partial charge in [-0.3, -0.25) is 4.98 Å². The Morgan fingerprint density at radius 2 is 2.00 bits per heavy atom. The zero-order valence-corrected chi connectivity index (χ0v) is 10.1. The third-order valence-electron chi connectivity index (χ3n) is 2.84. The van der Waals surface area contributed by atoms with E-state index in [2.05, 4.69) is 9.97 Å². The fraction of sp³-hybridized carbons (Fsp3) is 0.0714. The first-order valence-corrected chi connectivity index (χ1v) is 5.70. The van der Waals surface area contributed by atoms with Crippen molar-refractivity contribution in [2.75, 3.05) is 0 Å². The van der Waals surface area contributed by atoms with Gasteiger partial charge in [0.2, 0.25) is 11.5 Å². The Morgan fingerprint density at radius 3 is 2.68 bits per heavy atom. The van der Waals surface area contributed by atoms with E-state index in [4.69, 9.17) is 9.52 Å². The largest absolute Gasteiger partial charge is 0.475 e. The summed E-state index contributed by atoms with van der Waals surface area (Å²) < 4.78 is 5.25. The molecule has 5 heteroatoms. The van der Waals surface area contributed by atoms with E-state index < -0.39 is 5.97 Å². The quantitative estimate of drug-likeness (QED) is 0.760. The molecule has 3 rings (SSSR count). The second-order valence-corrected chi connectivity index (χ2v) is 4.18. The summed E-state index contributed by atoms with van der Waals surface area (Å²) in [5.74, 6) is -1.21. The third-order valence-corrected chi connectivity index (χ3v) is 2.84. The van der Waals surface area contributed by atoms with Crippen LogP contribution in [0.5, 0.6) is 0 Å². The van der Waals surface area contributed by atoms with Crippen LogP contribution in [0.4, 0.5) is 0 Å². The topological polar surface area (TPSA) is 76.2 Å². The van der Waals surface area contributed by atoms with Gasteiger partial charge < -0.3 is 9.52 Å². The van der Waals surface area contributed by atoms with Crippen molar-refractivity contribution in [1.82, 2.24) is 9.97 Å². The highest BCUT2D eigenvalue weighted by Gasteiger charge is 2.15. The van der Waals surface area contributed by atoms with Crippen LogP contribution in [0, 0.1) is 6.92 Å². The first-order valence-electron chi connectivity index (χ1n) is 5.70. The number of nitrogens with zero attached hydrogens (tertiary/aromatic N) is 2. The second-order valence-electron chi connectivity index (χ2n) is 4.18. The summed E-state index contributed by atoms with van der Waals surface area (Å²) in [5, 5.41) is 9.67. The summed E-state index contributed by atoms with van der Waals surface area (Å²) in [4.78, 5) is 19.2. The van der Waals surface area contributed by atoms with Gasteiger partial charge in [-0.1, -0.05) is 0 Å². The van der Waals surface area contributed by atoms with Crippen molar-refractivity contribution in [3.05, 3.63) is 48.1 Å². The molecule has 0 fully saturated rings. The van der Waals surface area contributed by atoms with Crippen LogP contribution in [-0.4, -0.2) is 21.0 Å². The highest BCUT2D eigenvalue weighted by Crippen LogP contribution is 2.30. The summed E-state index contributed by atoms with van der Waals surface area (Å²) in [6, 6.07) is 7.13. The number of carboxylic acids is 1. The maximum atomic E-state index is 11.0. The van der Waals surface area contributed by atoms with Crippen molar-refractivity contribution in [1.29, 1.82) is 0 Å². The zero-order chi connectivity index (χ0) is 13.4. The predicted molar refractivity (Wildman–Crippen MR) is 68.9 cm³/mol. The number of rotatable bonds is 2. The molecular formula is C14H10N2O3. The number of carboxylic acid groups (broad SMARTS) is 1. The number of carbonyl (C=O) groups is 1. The average Bonchev–Trinajstić information content (AvgIpc) is 2.82. The standard InChI is InChI=1S/C14H10N2O3/c1-8-6-10(9-2-4-15-5-3-9)11-7-12(14(17)18)19-13(11)16-8/h2-7H,1H3,(H,17,18). The lowest BCUT2D eigenvalue weighted by molar-refractivity contribution is 0.0664. The molecule has 19 heavy (non-hydrogen) atoms. The summed E-state index contributed by atoms with van der Waals surface area (Å²) in [7, 11) is 0. The summed E-state index contributed by atoms with van der Waals surface area (Å²) in [6.45, 7) is 1.84. The van der Waals surface area contributed by atoms with Gasteiger partial charge in [0.15, 0.2) is 0 Å². The molecule has 5 nitrogen and oxygen atoms in total. The number of pyridine rings is 2. The van der Waals surface area contributed by atoms with Crippen LogP contribution in [0.3, 0.4) is 0 Å². The number of hydrogen-bond acceptors (Lipinski definition) is 4. The molecule has 0 saturated carbocycles. The smallest absolute Gasteiger partial charge is 0.371 e. The van der Waals surface area contributed by atoms with E-state index in [0.717, 1.165) is 16.8 Å². The predicted octanol–water partition coefficient (Wildman–Crippen LogP) is 2.90. The number of furan rings is 1. The number of aryl methyl sites for hydroxylation is 1. The summed E-state index contributed by atoms with van der Waals surface area (Å²) >= 11 is 0. The van der Waals surface area contributed by atoms with Crippen LogP contribution < -0.4 is 0 Å². The number of aromatic carboxylic acids is 1. The molecule has 0 aliphatic heterocycles. The van der Waals surface area contributed by atoms with Gasteiger partial charge in [0.05, 0.1) is 0 Å². The Bertz CT molecular complexity index is 763. The highest BCUT2D eigenvalue weighted by molar-refractivity contribution is 5.97. The van der Waals surface area contributed by atoms with E-state index in [9.17, 15) is 4.79 Å². The molecule has 0 aliphatic carbocycles. The van der Waals surface area contributed by atoms with Gasteiger partial charge in [-0.05, 0) is 36.2 Å². The molecule has 0 aliphatic rings. The molecule has 1 N–H and O–H groups in total. The molecule has 0 amide bonds. The molecule has 0 atom stereocenters. The van der Waals surface area contributed by atoms with Crippen LogP contribution >= 0.6 is 0 Å². The Morgan fingerprint density at radius 1 is 1.26 bits per heavy atom. The fourth-order valence-corrected chi connectivity index (χ4v) is 2.01. The average molecular weight is 254 g/mol. The van der Waals surface area contributed by atoms with E-state index in [1.54, 1.807) is 12.4 Å². The van der Waals surface area contributed by atoms with Gasteiger partial charge in [-0.25, -0.2) is 9.78 Å². The van der Waals surface area contributed by atoms with E-state index >= 15 is 0 Å². The number of aromatic nitrogens is 2. The van der Waals surface area contributed by atoms with Gasteiger partial charge in [-0.15, -0.1) is 0 Å². The SMILES string of the molecule is Cc1cc(-c2ccncc2)c2cc(C(=O)O)oc2n1. The minimum atomic E-state index is -1.10. The van der Waals surface area contributed by atoms with Crippen molar-refractivity contribution in [2.24, 2.45) is 0 Å². The minimum absolute atomic E-state index is 0.108. The van der Waals surface area contributed by atoms with E-state index in [1.807, 2.05) is 25.1 Å². The lowest BCUT2D eigenvalue weighted by Crippen LogP contribution is -1.91. The molecule has 0 radical (unpaired) electrons. The Hall–Kier alpha value is -2.69. The normalized spacial score (nSPS) is 10.8. The van der Waals surface area contributed by atoms with Crippen molar-refractivity contribution < 1.29 is 14.3 Å². The van der Waals surface area contributed by atoms with E-state index in [1.165, 1.54) is 6.07 Å². The van der Waals surface area contributed by atoms with Gasteiger partial charge in [-0.2, -0.15) is 0 Å². The highest BCUT2D eigenvalue weighted by atomic mass is 16.4. The van der Waals surface area contributed by atoms with Crippen molar-refractivity contribution >= 4 is 17.1 Å². The number of hydrogen-bond donors (Lipinski definition) is 1. The maximum absolute atomic E-state index is 11.0. The lowest BCUT2D eigenvalue weighted by Gasteiger charge is -2.03. The van der Waals surface area contributed by atoms with Crippen LogP contribution in [0.15, 0.2) is 41.1 Å². The molecule has 0 bridgehead atoms. The van der Waals surface area contributed by atoms with Crippen LogP contribution in [-0.2, 0) is 0 Å². The summed E-state index contributed by atoms with van der Waals surface area (Å²) in [5.41, 5.74) is 2.94. The molecule has 0 spiro atoms. The Kier molecular flexibility index (Phi) is 2.52. The third kappa shape index (κ3) is 1.95. The first-order chi connectivity index (χ1) is 9.15. The molecule has 0 saturated heterocycles. The molecule has 0 unspecified atom stereocenters. The Labute approximate surface area is 108 Å². The molecule has 0 aromatic carbocycles. The lowest BCUT2D eigenvalue weighted by atomic mass is 10.0. The monoisotopic (exact) mass is 254 g/mol. The zero-order valence-electron chi connectivity index (χ0n) is 10.1.